The van der Waals surface area contributed by atoms with Crippen LogP contribution in [-0.2, 0) is 5.41 Å². The largest absolute Gasteiger partial charge is 0.481 e. The van der Waals surface area contributed by atoms with E-state index >= 15 is 0 Å². The predicted molar refractivity (Wildman–Crippen MR) is 76.5 cm³/mol. The van der Waals surface area contributed by atoms with Gasteiger partial charge in [-0.05, 0) is 18.8 Å². The summed E-state index contributed by atoms with van der Waals surface area (Å²) in [6.45, 7) is 4.98. The van der Waals surface area contributed by atoms with Crippen LogP contribution in [0, 0.1) is 0 Å². The van der Waals surface area contributed by atoms with Crippen LogP contribution in [0.5, 0.6) is 5.88 Å². The molecule has 1 fully saturated rings. The number of nitrogens with two attached hydrogens (primary N) is 1. The summed E-state index contributed by atoms with van der Waals surface area (Å²) in [5.74, 6) is 1.07. The first-order valence-electron chi connectivity index (χ1n) is 7.24. The number of rotatable bonds is 4. The highest BCUT2D eigenvalue weighted by atomic mass is 16.5. The van der Waals surface area contributed by atoms with Crippen molar-refractivity contribution in [2.24, 2.45) is 5.73 Å². The second kappa shape index (κ2) is 5.87. The summed E-state index contributed by atoms with van der Waals surface area (Å²) >= 11 is 0. The Morgan fingerprint density at radius 3 is 2.47 bits per heavy atom. The number of hydrogen-bond acceptors (Lipinski definition) is 4. The zero-order valence-electron chi connectivity index (χ0n) is 12.3. The zero-order valence-corrected chi connectivity index (χ0v) is 12.3. The molecule has 0 aromatic carbocycles. The van der Waals surface area contributed by atoms with Crippen LogP contribution in [0.25, 0.3) is 0 Å². The lowest BCUT2D eigenvalue weighted by Crippen LogP contribution is -2.39. The quantitative estimate of drug-likeness (QED) is 0.907. The van der Waals surface area contributed by atoms with Gasteiger partial charge in [-0.15, -0.1) is 0 Å². The van der Waals surface area contributed by atoms with Gasteiger partial charge >= 0.3 is 0 Å². The highest BCUT2D eigenvalue weighted by molar-refractivity contribution is 5.40. The first kappa shape index (κ1) is 14.3. The average Bonchev–Trinajstić information content (AvgIpc) is 2.47. The maximum Gasteiger partial charge on any atom is 0.220 e. The number of nitrogens with zero attached hydrogens (tertiary/aromatic N) is 2. The van der Waals surface area contributed by atoms with Crippen molar-refractivity contribution in [3.8, 4) is 5.88 Å². The molecule has 1 aromatic rings. The van der Waals surface area contributed by atoms with Gasteiger partial charge in [0.25, 0.3) is 0 Å². The molecule has 0 aliphatic heterocycles. The van der Waals surface area contributed by atoms with E-state index in [9.17, 15) is 0 Å². The molecule has 0 amide bonds. The molecule has 2 N–H and O–H groups in total. The van der Waals surface area contributed by atoms with E-state index in [-0.39, 0.29) is 5.41 Å². The van der Waals surface area contributed by atoms with Crippen LogP contribution in [-0.4, -0.2) is 23.6 Å². The average molecular weight is 263 g/mol. The molecular weight excluding hydrogens is 238 g/mol. The van der Waals surface area contributed by atoms with Gasteiger partial charge in [0.1, 0.15) is 6.33 Å². The van der Waals surface area contributed by atoms with Gasteiger partial charge < -0.3 is 10.5 Å². The van der Waals surface area contributed by atoms with E-state index in [2.05, 4.69) is 23.8 Å². The van der Waals surface area contributed by atoms with Gasteiger partial charge in [0, 0.05) is 17.5 Å². The lowest BCUT2D eigenvalue weighted by molar-refractivity contribution is 0.279. The molecule has 19 heavy (non-hydrogen) atoms. The van der Waals surface area contributed by atoms with Crippen molar-refractivity contribution >= 4 is 0 Å². The Balaban J connectivity index is 2.56. The number of ether oxygens (including phenoxy) is 1. The van der Waals surface area contributed by atoms with Crippen LogP contribution in [0.15, 0.2) is 6.33 Å². The Hall–Kier alpha value is -1.16. The second-order valence-electron chi connectivity index (χ2n) is 5.84. The Morgan fingerprint density at radius 1 is 1.26 bits per heavy atom. The molecule has 1 aliphatic carbocycles. The third kappa shape index (κ3) is 2.59. The van der Waals surface area contributed by atoms with Crippen molar-refractivity contribution in [1.82, 2.24) is 9.97 Å². The van der Waals surface area contributed by atoms with Crippen molar-refractivity contribution in [3.05, 3.63) is 17.6 Å². The van der Waals surface area contributed by atoms with Crippen molar-refractivity contribution in [2.45, 2.75) is 57.3 Å². The zero-order chi connectivity index (χ0) is 13.9. The van der Waals surface area contributed by atoms with Gasteiger partial charge in [0.2, 0.25) is 5.88 Å². The highest BCUT2D eigenvalue weighted by Crippen LogP contribution is 2.44. The molecule has 2 rings (SSSR count). The molecule has 0 spiro atoms. The third-order valence-electron chi connectivity index (χ3n) is 4.31. The molecule has 0 atom stereocenters. The second-order valence-corrected chi connectivity index (χ2v) is 5.84. The van der Waals surface area contributed by atoms with E-state index in [1.165, 1.54) is 19.3 Å². The Bertz CT molecular complexity index is 425. The first-order valence-corrected chi connectivity index (χ1v) is 7.24. The maximum atomic E-state index is 6.15. The molecule has 1 heterocycles. The summed E-state index contributed by atoms with van der Waals surface area (Å²) in [5.41, 5.74) is 8.41. The van der Waals surface area contributed by atoms with Gasteiger partial charge in [-0.2, -0.15) is 0 Å². The Kier molecular flexibility index (Phi) is 4.40. The molecule has 1 saturated carbocycles. The van der Waals surface area contributed by atoms with E-state index in [0.717, 1.165) is 24.1 Å². The highest BCUT2D eigenvalue weighted by Gasteiger charge is 2.38. The molecule has 4 nitrogen and oxygen atoms in total. The SMILES string of the molecule is COc1ncnc(C(C)C)c1C1(CN)CCCCC1. The van der Waals surface area contributed by atoms with Crippen LogP contribution in [0.3, 0.4) is 0 Å². The smallest absolute Gasteiger partial charge is 0.220 e. The molecule has 106 valence electrons. The van der Waals surface area contributed by atoms with Crippen molar-refractivity contribution in [1.29, 1.82) is 0 Å². The third-order valence-corrected chi connectivity index (χ3v) is 4.31. The van der Waals surface area contributed by atoms with Crippen molar-refractivity contribution in [2.75, 3.05) is 13.7 Å². The van der Waals surface area contributed by atoms with Crippen LogP contribution >= 0.6 is 0 Å². The minimum Gasteiger partial charge on any atom is -0.481 e. The summed E-state index contributed by atoms with van der Waals surface area (Å²) in [4.78, 5) is 8.83. The summed E-state index contributed by atoms with van der Waals surface area (Å²) in [5, 5.41) is 0. The van der Waals surface area contributed by atoms with Crippen LogP contribution in [0.4, 0.5) is 0 Å². The summed E-state index contributed by atoms with van der Waals surface area (Å²) < 4.78 is 5.51. The number of aromatic nitrogens is 2. The van der Waals surface area contributed by atoms with Crippen LogP contribution in [0.1, 0.15) is 63.1 Å². The molecule has 1 aromatic heterocycles. The molecule has 4 heteroatoms. The minimum absolute atomic E-state index is 0.00442. The fourth-order valence-corrected chi connectivity index (χ4v) is 3.26. The molecule has 0 bridgehead atoms. The standard InChI is InChI=1S/C15H25N3O/c1-11(2)13-12(14(19-3)18-10-17-13)15(9-16)7-5-4-6-8-15/h10-11H,4-9,16H2,1-3H3. The van der Waals surface area contributed by atoms with Gasteiger partial charge in [-0.3, -0.25) is 0 Å². The maximum absolute atomic E-state index is 6.15. The Labute approximate surface area is 115 Å². The van der Waals surface area contributed by atoms with E-state index in [0.29, 0.717) is 18.3 Å². The summed E-state index contributed by atoms with van der Waals surface area (Å²) in [7, 11) is 1.68. The normalized spacial score (nSPS) is 18.6. The molecule has 1 aliphatic rings. The van der Waals surface area contributed by atoms with E-state index in [1.54, 1.807) is 13.4 Å². The minimum atomic E-state index is 0.00442. The number of methoxy groups -OCH3 is 1. The van der Waals surface area contributed by atoms with E-state index in [1.807, 2.05) is 0 Å². The van der Waals surface area contributed by atoms with Crippen molar-refractivity contribution in [3.63, 3.8) is 0 Å². The lowest BCUT2D eigenvalue weighted by atomic mass is 9.68. The van der Waals surface area contributed by atoms with Crippen LogP contribution in [0.2, 0.25) is 0 Å². The van der Waals surface area contributed by atoms with Crippen molar-refractivity contribution < 1.29 is 4.74 Å². The molecule has 0 unspecified atom stereocenters. The van der Waals surface area contributed by atoms with Gasteiger partial charge in [0.05, 0.1) is 12.8 Å². The van der Waals surface area contributed by atoms with Gasteiger partial charge in [0.15, 0.2) is 0 Å². The number of hydrogen-bond donors (Lipinski definition) is 1. The van der Waals surface area contributed by atoms with Gasteiger partial charge in [-0.1, -0.05) is 33.1 Å². The Morgan fingerprint density at radius 2 is 1.95 bits per heavy atom. The fourth-order valence-electron chi connectivity index (χ4n) is 3.26. The van der Waals surface area contributed by atoms with E-state index in [4.69, 9.17) is 10.5 Å². The lowest BCUT2D eigenvalue weighted by Gasteiger charge is -2.38. The summed E-state index contributed by atoms with van der Waals surface area (Å²) in [6.07, 6.45) is 7.60. The molecule has 0 radical (unpaired) electrons. The molecule has 0 saturated heterocycles. The molecular formula is C15H25N3O. The van der Waals surface area contributed by atoms with E-state index < -0.39 is 0 Å². The monoisotopic (exact) mass is 263 g/mol. The first-order chi connectivity index (χ1) is 9.14. The predicted octanol–water partition coefficient (Wildman–Crippen LogP) is 2.77. The summed E-state index contributed by atoms with van der Waals surface area (Å²) in [6, 6.07) is 0. The fraction of sp³-hybridized carbons (Fsp3) is 0.733. The topological polar surface area (TPSA) is 61.0 Å². The van der Waals surface area contributed by atoms with Crippen LogP contribution < -0.4 is 10.5 Å². The van der Waals surface area contributed by atoms with Gasteiger partial charge in [-0.25, -0.2) is 9.97 Å².